The Morgan fingerprint density at radius 3 is 2.37 bits per heavy atom. The van der Waals surface area contributed by atoms with E-state index in [1.165, 1.54) is 11.1 Å². The molecular formula is C23H22N2O2. The van der Waals surface area contributed by atoms with Gasteiger partial charge in [0.15, 0.2) is 0 Å². The average Bonchev–Trinajstić information content (AvgIpc) is 2.70. The van der Waals surface area contributed by atoms with E-state index in [0.717, 1.165) is 11.1 Å². The molecule has 0 aliphatic carbocycles. The van der Waals surface area contributed by atoms with E-state index in [-0.39, 0.29) is 0 Å². The van der Waals surface area contributed by atoms with Crippen molar-refractivity contribution in [2.24, 2.45) is 0 Å². The summed E-state index contributed by atoms with van der Waals surface area (Å²) in [6.07, 6.45) is 4.19. The molecule has 0 aliphatic rings. The van der Waals surface area contributed by atoms with Gasteiger partial charge in [-0.15, -0.1) is 0 Å². The lowest BCUT2D eigenvalue weighted by molar-refractivity contribution is 0.0708. The molecule has 0 saturated heterocycles. The van der Waals surface area contributed by atoms with Crippen molar-refractivity contribution in [3.05, 3.63) is 83.4 Å². The zero-order chi connectivity index (χ0) is 19.4. The Morgan fingerprint density at radius 1 is 1.00 bits per heavy atom. The molecule has 1 aromatic heterocycles. The highest BCUT2D eigenvalue weighted by Gasteiger charge is 2.13. The first-order valence-electron chi connectivity index (χ1n) is 8.76. The van der Waals surface area contributed by atoms with Gasteiger partial charge in [0, 0.05) is 10.9 Å². The molecule has 4 heteroatoms. The lowest BCUT2D eigenvalue weighted by atomic mass is 10.0. The van der Waals surface area contributed by atoms with Crippen molar-refractivity contribution < 1.29 is 10.0 Å². The summed E-state index contributed by atoms with van der Waals surface area (Å²) in [7, 11) is 0. The topological polar surface area (TPSA) is 62.2 Å². The monoisotopic (exact) mass is 358 g/mol. The Kier molecular flexibility index (Phi) is 5.48. The fourth-order valence-corrected chi connectivity index (χ4v) is 2.86. The molecule has 2 aromatic carbocycles. The van der Waals surface area contributed by atoms with E-state index in [4.69, 9.17) is 5.21 Å². The molecule has 2 N–H and O–H groups in total. The van der Waals surface area contributed by atoms with Crippen LogP contribution in [0.15, 0.2) is 72.3 Å². The molecule has 0 aliphatic heterocycles. The first kappa shape index (κ1) is 18.5. The summed E-state index contributed by atoms with van der Waals surface area (Å²) in [6, 6.07) is 17.2. The van der Waals surface area contributed by atoms with Crippen LogP contribution in [0.3, 0.4) is 0 Å². The number of hydroxylamine groups is 1. The number of amides is 1. The third kappa shape index (κ3) is 4.13. The van der Waals surface area contributed by atoms with E-state index >= 15 is 0 Å². The first-order valence-corrected chi connectivity index (χ1v) is 8.76. The average molecular weight is 358 g/mol. The van der Waals surface area contributed by atoms with E-state index in [1.807, 2.05) is 48.5 Å². The van der Waals surface area contributed by atoms with Gasteiger partial charge in [-0.05, 0) is 44.0 Å². The fourth-order valence-electron chi connectivity index (χ4n) is 2.86. The summed E-state index contributed by atoms with van der Waals surface area (Å²) in [5.41, 5.74) is 7.97. The molecule has 4 nitrogen and oxygen atoms in total. The van der Waals surface area contributed by atoms with Crippen LogP contribution in [0.1, 0.15) is 36.7 Å². The number of pyridine rings is 1. The maximum atomic E-state index is 12.1. The number of hydrogen-bond acceptors (Lipinski definition) is 3. The lowest BCUT2D eigenvalue weighted by Crippen LogP contribution is -2.19. The summed E-state index contributed by atoms with van der Waals surface area (Å²) in [4.78, 5) is 16.8. The van der Waals surface area contributed by atoms with Crippen molar-refractivity contribution >= 4 is 22.4 Å². The highest BCUT2D eigenvalue weighted by Crippen LogP contribution is 2.26. The molecule has 136 valence electrons. The normalized spacial score (nSPS) is 11.3. The number of nitrogens with zero attached hydrogens (tertiary/aromatic N) is 1. The number of nitrogens with one attached hydrogen (secondary N) is 1. The quantitative estimate of drug-likeness (QED) is 0.373. The summed E-state index contributed by atoms with van der Waals surface area (Å²) >= 11 is 0. The molecule has 0 saturated carbocycles. The highest BCUT2D eigenvalue weighted by molar-refractivity contribution is 6.06. The molecule has 3 aromatic rings. The largest absolute Gasteiger partial charge is 0.288 e. The highest BCUT2D eigenvalue weighted by atomic mass is 16.5. The van der Waals surface area contributed by atoms with Crippen LogP contribution in [0, 0.1) is 0 Å². The predicted octanol–water partition coefficient (Wildman–Crippen LogP) is 5.39. The van der Waals surface area contributed by atoms with Crippen LogP contribution in [0.25, 0.3) is 27.7 Å². The zero-order valence-corrected chi connectivity index (χ0v) is 15.7. The predicted molar refractivity (Wildman–Crippen MR) is 110 cm³/mol. The minimum Gasteiger partial charge on any atom is -0.288 e. The Morgan fingerprint density at radius 2 is 1.70 bits per heavy atom. The fraction of sp³-hybridized carbons (Fsp3) is 0.130. The number of para-hydroxylation sites is 1. The van der Waals surface area contributed by atoms with Crippen LogP contribution < -0.4 is 5.48 Å². The van der Waals surface area contributed by atoms with Crippen molar-refractivity contribution in [1.29, 1.82) is 0 Å². The number of carbonyl (C=O) groups is 1. The van der Waals surface area contributed by atoms with Crippen molar-refractivity contribution in [1.82, 2.24) is 10.5 Å². The Bertz CT molecular complexity index is 1040. The third-order valence-electron chi connectivity index (χ3n) is 4.37. The van der Waals surface area contributed by atoms with Gasteiger partial charge in [-0.25, -0.2) is 10.5 Å². The number of aromatic nitrogens is 1. The summed E-state index contributed by atoms with van der Waals surface area (Å²) in [6.45, 7) is 6.21. The van der Waals surface area contributed by atoms with Crippen molar-refractivity contribution in [2.45, 2.75) is 20.8 Å². The van der Waals surface area contributed by atoms with Crippen LogP contribution >= 0.6 is 0 Å². The molecule has 3 rings (SSSR count). The van der Waals surface area contributed by atoms with E-state index < -0.39 is 5.91 Å². The van der Waals surface area contributed by atoms with Crippen LogP contribution in [0.5, 0.6) is 0 Å². The standard InChI is InChI=1S/C23H22N2O2/c1-15(2)8-9-16(3)17-10-12-18(13-11-17)22-14-20(23(26)25-27)19-6-4-5-7-21(19)24-22/h4-14,27H,1-3H3,(H,25,26)/b16-9+. The Balaban J connectivity index is 2.04. The smallest absolute Gasteiger partial charge is 0.275 e. The van der Waals surface area contributed by atoms with Crippen molar-refractivity contribution in [2.75, 3.05) is 0 Å². The third-order valence-corrected chi connectivity index (χ3v) is 4.37. The van der Waals surface area contributed by atoms with E-state index in [0.29, 0.717) is 22.2 Å². The molecule has 0 bridgehead atoms. The number of fused-ring (bicyclic) bond motifs is 1. The molecule has 0 unspecified atom stereocenters. The molecule has 1 heterocycles. The van der Waals surface area contributed by atoms with E-state index in [9.17, 15) is 4.79 Å². The van der Waals surface area contributed by atoms with Gasteiger partial charge in [0.1, 0.15) is 0 Å². The van der Waals surface area contributed by atoms with Crippen molar-refractivity contribution in [3.63, 3.8) is 0 Å². The van der Waals surface area contributed by atoms with Gasteiger partial charge < -0.3 is 0 Å². The second kappa shape index (κ2) is 7.98. The van der Waals surface area contributed by atoms with Crippen LogP contribution in [-0.2, 0) is 0 Å². The first-order chi connectivity index (χ1) is 13.0. The zero-order valence-electron chi connectivity index (χ0n) is 15.7. The van der Waals surface area contributed by atoms with E-state index in [2.05, 4.69) is 37.9 Å². The number of hydrogen-bond donors (Lipinski definition) is 2. The van der Waals surface area contributed by atoms with Gasteiger partial charge in [0.2, 0.25) is 0 Å². The lowest BCUT2D eigenvalue weighted by Gasteiger charge is -2.09. The Labute approximate surface area is 158 Å². The molecule has 0 fully saturated rings. The van der Waals surface area contributed by atoms with Gasteiger partial charge in [-0.1, -0.05) is 60.2 Å². The van der Waals surface area contributed by atoms with Crippen LogP contribution in [-0.4, -0.2) is 16.1 Å². The minimum atomic E-state index is -0.549. The van der Waals surface area contributed by atoms with Gasteiger partial charge in [-0.3, -0.25) is 10.0 Å². The number of carbonyl (C=O) groups excluding carboxylic acids is 1. The van der Waals surface area contributed by atoms with Gasteiger partial charge >= 0.3 is 0 Å². The molecule has 0 atom stereocenters. The number of rotatable bonds is 4. The second-order valence-electron chi connectivity index (χ2n) is 6.68. The minimum absolute atomic E-state index is 0.391. The van der Waals surface area contributed by atoms with Gasteiger partial charge in [0.05, 0.1) is 16.8 Å². The van der Waals surface area contributed by atoms with Crippen molar-refractivity contribution in [3.8, 4) is 11.3 Å². The summed E-state index contributed by atoms with van der Waals surface area (Å²) < 4.78 is 0. The van der Waals surface area contributed by atoms with Crippen LogP contribution in [0.4, 0.5) is 0 Å². The summed E-state index contributed by atoms with van der Waals surface area (Å²) in [5.74, 6) is -0.549. The maximum Gasteiger partial charge on any atom is 0.275 e. The number of allylic oxidation sites excluding steroid dienone is 4. The molecule has 27 heavy (non-hydrogen) atoms. The SMILES string of the molecule is CC(C)=C/C=C(\C)c1ccc(-c2cc(C(=O)NO)c3ccccc3n2)cc1. The summed E-state index contributed by atoms with van der Waals surface area (Å²) in [5, 5.41) is 9.76. The maximum absolute atomic E-state index is 12.1. The van der Waals surface area contributed by atoms with Gasteiger partial charge in [-0.2, -0.15) is 0 Å². The second-order valence-corrected chi connectivity index (χ2v) is 6.68. The molecular weight excluding hydrogens is 336 g/mol. The molecule has 1 amide bonds. The van der Waals surface area contributed by atoms with Gasteiger partial charge in [0.25, 0.3) is 5.91 Å². The molecule has 0 radical (unpaired) electrons. The number of benzene rings is 2. The van der Waals surface area contributed by atoms with E-state index in [1.54, 1.807) is 11.5 Å². The molecule has 0 spiro atoms. The Hall–Kier alpha value is -3.24. The van der Waals surface area contributed by atoms with Crippen LogP contribution in [0.2, 0.25) is 0 Å².